The molecule has 1 amide bonds. The number of benzene rings is 3. The van der Waals surface area contributed by atoms with Crippen molar-refractivity contribution in [3.63, 3.8) is 0 Å². The molecule has 3 aromatic carbocycles. The quantitative estimate of drug-likeness (QED) is 0.594. The fourth-order valence-electron chi connectivity index (χ4n) is 2.99. The lowest BCUT2D eigenvalue weighted by Gasteiger charge is -2.14. The van der Waals surface area contributed by atoms with Crippen molar-refractivity contribution >= 4 is 5.91 Å². The number of carbonyl (C=O) groups is 1. The van der Waals surface area contributed by atoms with E-state index >= 15 is 0 Å². The van der Waals surface area contributed by atoms with Gasteiger partial charge in [0.15, 0.2) is 11.5 Å². The van der Waals surface area contributed by atoms with E-state index in [2.05, 4.69) is 5.32 Å². The highest BCUT2D eigenvalue weighted by Gasteiger charge is 2.20. The normalized spacial score (nSPS) is 11.9. The Kier molecular flexibility index (Phi) is 5.11. The Labute approximate surface area is 167 Å². The lowest BCUT2D eigenvalue weighted by atomic mass is 10.1. The molecule has 0 bridgehead atoms. The van der Waals surface area contributed by atoms with Crippen LogP contribution in [-0.4, -0.2) is 22.9 Å². The second-order valence-corrected chi connectivity index (χ2v) is 6.48. The van der Waals surface area contributed by atoms with Gasteiger partial charge in [-0.1, -0.05) is 36.4 Å². The van der Waals surface area contributed by atoms with Gasteiger partial charge in [0.25, 0.3) is 5.91 Å². The smallest absolute Gasteiger partial charge is 0.259 e. The molecular formula is C22H19NO6. The van der Waals surface area contributed by atoms with Crippen LogP contribution in [0.2, 0.25) is 0 Å². The van der Waals surface area contributed by atoms with E-state index < -0.39 is 5.91 Å². The van der Waals surface area contributed by atoms with Crippen LogP contribution in [0.25, 0.3) is 0 Å². The largest absolute Gasteiger partial charge is 0.508 e. The Morgan fingerprint density at radius 3 is 2.59 bits per heavy atom. The third-order valence-corrected chi connectivity index (χ3v) is 4.42. The molecule has 7 nitrogen and oxygen atoms in total. The van der Waals surface area contributed by atoms with Gasteiger partial charge in [-0.2, -0.15) is 0 Å². The zero-order valence-electron chi connectivity index (χ0n) is 15.4. The molecule has 1 aliphatic heterocycles. The molecule has 0 saturated heterocycles. The maximum atomic E-state index is 12.7. The Bertz CT molecular complexity index is 1030. The first-order valence-corrected chi connectivity index (χ1v) is 8.99. The lowest BCUT2D eigenvalue weighted by molar-refractivity contribution is 0.0943. The maximum absolute atomic E-state index is 12.7. The minimum Gasteiger partial charge on any atom is -0.508 e. The van der Waals surface area contributed by atoms with E-state index in [4.69, 9.17) is 14.2 Å². The van der Waals surface area contributed by atoms with Crippen LogP contribution in [0.3, 0.4) is 0 Å². The number of carbonyl (C=O) groups excluding carboxylic acids is 1. The molecule has 0 unspecified atom stereocenters. The van der Waals surface area contributed by atoms with Crippen LogP contribution in [0.4, 0.5) is 0 Å². The number of amides is 1. The number of hydrogen-bond donors (Lipinski definition) is 3. The minimum atomic E-state index is -0.525. The van der Waals surface area contributed by atoms with Crippen molar-refractivity contribution in [3.8, 4) is 28.7 Å². The average Bonchev–Trinajstić information content (AvgIpc) is 3.19. The third-order valence-electron chi connectivity index (χ3n) is 4.42. The van der Waals surface area contributed by atoms with Gasteiger partial charge < -0.3 is 29.7 Å². The van der Waals surface area contributed by atoms with E-state index in [1.165, 1.54) is 6.07 Å². The Morgan fingerprint density at radius 2 is 1.76 bits per heavy atom. The Morgan fingerprint density at radius 1 is 0.966 bits per heavy atom. The van der Waals surface area contributed by atoms with Gasteiger partial charge in [-0.05, 0) is 23.3 Å². The number of hydrogen-bond acceptors (Lipinski definition) is 6. The molecule has 0 atom stereocenters. The summed E-state index contributed by atoms with van der Waals surface area (Å²) in [5.41, 5.74) is 1.66. The highest BCUT2D eigenvalue weighted by atomic mass is 16.7. The molecule has 0 spiro atoms. The molecule has 1 aliphatic rings. The topological polar surface area (TPSA) is 97.3 Å². The summed E-state index contributed by atoms with van der Waals surface area (Å²) >= 11 is 0. The van der Waals surface area contributed by atoms with Crippen molar-refractivity contribution in [2.45, 2.75) is 13.2 Å². The van der Waals surface area contributed by atoms with Crippen LogP contribution in [-0.2, 0) is 13.2 Å². The fraction of sp³-hybridized carbons (Fsp3) is 0.136. The van der Waals surface area contributed by atoms with Gasteiger partial charge in [0, 0.05) is 18.7 Å². The molecule has 0 aliphatic carbocycles. The van der Waals surface area contributed by atoms with Crippen molar-refractivity contribution in [2.75, 3.05) is 6.79 Å². The van der Waals surface area contributed by atoms with Crippen molar-refractivity contribution in [1.29, 1.82) is 0 Å². The molecule has 4 rings (SSSR count). The zero-order valence-corrected chi connectivity index (χ0v) is 15.4. The van der Waals surface area contributed by atoms with Gasteiger partial charge in [0.2, 0.25) is 6.79 Å². The molecule has 148 valence electrons. The summed E-state index contributed by atoms with van der Waals surface area (Å²) < 4.78 is 16.3. The zero-order chi connectivity index (χ0) is 20.2. The van der Waals surface area contributed by atoms with Crippen LogP contribution in [0, 0.1) is 0 Å². The van der Waals surface area contributed by atoms with Crippen molar-refractivity contribution in [1.82, 2.24) is 5.32 Å². The van der Waals surface area contributed by atoms with E-state index in [-0.39, 0.29) is 42.8 Å². The van der Waals surface area contributed by atoms with E-state index in [1.807, 2.05) is 36.4 Å². The second-order valence-electron chi connectivity index (χ2n) is 6.48. The standard InChI is InChI=1S/C22H19NO6/c24-16-9-17(25)21(20(10-16)27-12-14-4-2-1-3-5-14)22(26)23-11-15-6-7-18-19(8-15)29-13-28-18/h1-10,24-25H,11-13H2,(H,23,26). The number of ether oxygens (including phenoxy) is 3. The van der Waals surface area contributed by atoms with Gasteiger partial charge in [0.05, 0.1) is 0 Å². The number of nitrogens with one attached hydrogen (secondary N) is 1. The molecule has 0 aromatic heterocycles. The van der Waals surface area contributed by atoms with E-state index in [1.54, 1.807) is 12.1 Å². The van der Waals surface area contributed by atoms with Gasteiger partial charge in [0.1, 0.15) is 29.4 Å². The molecule has 0 saturated carbocycles. The van der Waals surface area contributed by atoms with E-state index in [0.29, 0.717) is 11.5 Å². The van der Waals surface area contributed by atoms with Crippen LogP contribution in [0.5, 0.6) is 28.7 Å². The van der Waals surface area contributed by atoms with Crippen LogP contribution in [0.1, 0.15) is 21.5 Å². The summed E-state index contributed by atoms with van der Waals surface area (Å²) in [6, 6.07) is 17.2. The summed E-state index contributed by atoms with van der Waals surface area (Å²) in [5, 5.41) is 22.8. The Balaban J connectivity index is 1.49. The molecule has 29 heavy (non-hydrogen) atoms. The second kappa shape index (κ2) is 8.02. The predicted molar refractivity (Wildman–Crippen MR) is 104 cm³/mol. The number of fused-ring (bicyclic) bond motifs is 1. The number of aromatic hydroxyl groups is 2. The third kappa shape index (κ3) is 4.19. The lowest BCUT2D eigenvalue weighted by Crippen LogP contribution is -2.23. The van der Waals surface area contributed by atoms with Crippen LogP contribution in [0.15, 0.2) is 60.7 Å². The molecule has 3 aromatic rings. The summed E-state index contributed by atoms with van der Waals surface area (Å²) in [4.78, 5) is 12.7. The first kappa shape index (κ1) is 18.5. The van der Waals surface area contributed by atoms with E-state index in [9.17, 15) is 15.0 Å². The fourth-order valence-corrected chi connectivity index (χ4v) is 2.99. The van der Waals surface area contributed by atoms with Gasteiger partial charge in [-0.25, -0.2) is 0 Å². The highest BCUT2D eigenvalue weighted by Crippen LogP contribution is 2.34. The summed E-state index contributed by atoms with van der Waals surface area (Å²) in [6.07, 6.45) is 0. The Hall–Kier alpha value is -3.87. The van der Waals surface area contributed by atoms with Gasteiger partial charge in [-0.15, -0.1) is 0 Å². The molecule has 0 fully saturated rings. The van der Waals surface area contributed by atoms with Gasteiger partial charge in [-0.3, -0.25) is 4.79 Å². The van der Waals surface area contributed by atoms with Crippen molar-refractivity contribution in [3.05, 3.63) is 77.4 Å². The monoisotopic (exact) mass is 393 g/mol. The van der Waals surface area contributed by atoms with Gasteiger partial charge >= 0.3 is 0 Å². The number of rotatable bonds is 6. The van der Waals surface area contributed by atoms with Crippen LogP contribution < -0.4 is 19.5 Å². The summed E-state index contributed by atoms with van der Waals surface area (Å²) in [6.45, 7) is 0.578. The predicted octanol–water partition coefficient (Wildman–Crippen LogP) is 3.34. The summed E-state index contributed by atoms with van der Waals surface area (Å²) in [5.74, 6) is 0.288. The number of phenols is 2. The molecule has 0 radical (unpaired) electrons. The molecule has 1 heterocycles. The van der Waals surface area contributed by atoms with E-state index in [0.717, 1.165) is 17.2 Å². The van der Waals surface area contributed by atoms with Crippen molar-refractivity contribution in [2.24, 2.45) is 0 Å². The molecular weight excluding hydrogens is 374 g/mol. The molecule has 7 heteroatoms. The maximum Gasteiger partial charge on any atom is 0.259 e. The van der Waals surface area contributed by atoms with Crippen molar-refractivity contribution < 1.29 is 29.2 Å². The highest BCUT2D eigenvalue weighted by molar-refractivity contribution is 5.99. The summed E-state index contributed by atoms with van der Waals surface area (Å²) in [7, 11) is 0. The van der Waals surface area contributed by atoms with Crippen LogP contribution >= 0.6 is 0 Å². The average molecular weight is 393 g/mol. The molecule has 3 N–H and O–H groups in total. The minimum absolute atomic E-state index is 0.0422. The number of phenolic OH excluding ortho intramolecular Hbond substituents is 2. The SMILES string of the molecule is O=C(NCc1ccc2c(c1)OCO2)c1c(O)cc(O)cc1OCc1ccccc1. The first-order valence-electron chi connectivity index (χ1n) is 8.99. The first-order chi connectivity index (χ1) is 14.1.